The van der Waals surface area contributed by atoms with Crippen LogP contribution in [-0.4, -0.2) is 29.7 Å². The molecule has 2 aromatic rings. The Labute approximate surface area is 125 Å². The molecule has 108 valence electrons. The number of nitrogens with one attached hydrogen (secondary N) is 1. The van der Waals surface area contributed by atoms with Gasteiger partial charge in [0.2, 0.25) is 5.91 Å². The van der Waals surface area contributed by atoms with Crippen LogP contribution in [0.2, 0.25) is 0 Å². The van der Waals surface area contributed by atoms with E-state index in [4.69, 9.17) is 9.68 Å². The second-order valence-corrected chi connectivity index (χ2v) is 4.55. The van der Waals surface area contributed by atoms with Crippen molar-refractivity contribution in [1.29, 1.82) is 5.26 Å². The number of carbonyl (C=O) groups excluding carboxylic acids is 2. The van der Waals surface area contributed by atoms with Gasteiger partial charge in [0.05, 0.1) is 17.8 Å². The fourth-order valence-corrected chi connectivity index (χ4v) is 1.94. The van der Waals surface area contributed by atoms with Crippen LogP contribution in [0.5, 0.6) is 0 Å². The van der Waals surface area contributed by atoms with Gasteiger partial charge in [0, 0.05) is 5.56 Å². The number of nitrogens with zero attached hydrogens (tertiary/aromatic N) is 3. The third kappa shape index (κ3) is 2.71. The van der Waals surface area contributed by atoms with Crippen LogP contribution in [0.3, 0.4) is 0 Å². The maximum Gasteiger partial charge on any atom is 0.344 e. The fraction of sp³-hybridized carbons (Fsp3) is 0.0667. The lowest BCUT2D eigenvalue weighted by molar-refractivity contribution is -0.118. The highest BCUT2D eigenvalue weighted by atomic mass is 16.3. The molecular formula is C15H10N4O3. The molecule has 0 radical (unpaired) electrons. The third-order valence-corrected chi connectivity index (χ3v) is 3.02. The Morgan fingerprint density at radius 1 is 1.23 bits per heavy atom. The van der Waals surface area contributed by atoms with E-state index in [1.165, 1.54) is 6.21 Å². The van der Waals surface area contributed by atoms with Crippen molar-refractivity contribution in [3.8, 4) is 17.4 Å². The van der Waals surface area contributed by atoms with Gasteiger partial charge in [-0.3, -0.25) is 10.1 Å². The average molecular weight is 294 g/mol. The van der Waals surface area contributed by atoms with Crippen LogP contribution in [0.1, 0.15) is 11.3 Å². The molecule has 3 amide bonds. The van der Waals surface area contributed by atoms with E-state index < -0.39 is 6.03 Å². The second-order valence-electron chi connectivity index (χ2n) is 4.55. The maximum absolute atomic E-state index is 11.3. The Kier molecular flexibility index (Phi) is 3.42. The Bertz CT molecular complexity index is 799. The van der Waals surface area contributed by atoms with Gasteiger partial charge in [-0.15, -0.1) is 0 Å². The number of urea groups is 1. The van der Waals surface area contributed by atoms with E-state index in [2.05, 4.69) is 10.4 Å². The topological polar surface area (TPSA) is 98.7 Å². The number of amides is 3. The quantitative estimate of drug-likeness (QED) is 0.688. The minimum absolute atomic E-state index is 0.0987. The molecule has 3 rings (SSSR count). The normalized spacial score (nSPS) is 14.4. The number of rotatable bonds is 3. The molecule has 7 nitrogen and oxygen atoms in total. The van der Waals surface area contributed by atoms with Gasteiger partial charge in [-0.05, 0) is 36.4 Å². The molecule has 1 fully saturated rings. The van der Waals surface area contributed by atoms with Crippen molar-refractivity contribution in [2.75, 3.05) is 6.54 Å². The van der Waals surface area contributed by atoms with E-state index >= 15 is 0 Å². The van der Waals surface area contributed by atoms with Gasteiger partial charge in [-0.2, -0.15) is 10.4 Å². The number of carbonyl (C=O) groups is 2. The summed E-state index contributed by atoms with van der Waals surface area (Å²) in [5.41, 5.74) is 1.40. The summed E-state index contributed by atoms with van der Waals surface area (Å²) in [4.78, 5) is 22.3. The van der Waals surface area contributed by atoms with E-state index in [-0.39, 0.29) is 12.5 Å². The average Bonchev–Trinajstić information content (AvgIpc) is 3.12. The Morgan fingerprint density at radius 2 is 2.00 bits per heavy atom. The monoisotopic (exact) mass is 294 g/mol. The van der Waals surface area contributed by atoms with Crippen LogP contribution >= 0.6 is 0 Å². The first-order chi connectivity index (χ1) is 10.7. The molecule has 0 saturated carbocycles. The fourth-order valence-electron chi connectivity index (χ4n) is 1.94. The van der Waals surface area contributed by atoms with Crippen molar-refractivity contribution in [2.45, 2.75) is 0 Å². The van der Waals surface area contributed by atoms with Gasteiger partial charge in [-0.25, -0.2) is 9.80 Å². The Balaban J connectivity index is 1.75. The summed E-state index contributed by atoms with van der Waals surface area (Å²) < 4.78 is 5.59. The molecule has 1 N–H and O–H groups in total. The van der Waals surface area contributed by atoms with Crippen LogP contribution in [-0.2, 0) is 4.79 Å². The minimum atomic E-state index is -0.555. The van der Waals surface area contributed by atoms with Gasteiger partial charge in [0.25, 0.3) is 0 Å². The molecule has 2 heterocycles. The van der Waals surface area contributed by atoms with Gasteiger partial charge < -0.3 is 4.42 Å². The first-order valence-electron chi connectivity index (χ1n) is 6.41. The predicted molar refractivity (Wildman–Crippen MR) is 76.7 cm³/mol. The summed E-state index contributed by atoms with van der Waals surface area (Å²) in [6.45, 7) is -0.0987. The van der Waals surface area contributed by atoms with Crippen molar-refractivity contribution in [2.24, 2.45) is 5.10 Å². The lowest BCUT2D eigenvalue weighted by Gasteiger charge is -2.02. The molecule has 22 heavy (non-hydrogen) atoms. The lowest BCUT2D eigenvalue weighted by Crippen LogP contribution is -2.24. The maximum atomic E-state index is 11.3. The summed E-state index contributed by atoms with van der Waals surface area (Å²) in [6, 6.07) is 11.9. The Hall–Kier alpha value is -3.40. The zero-order valence-corrected chi connectivity index (χ0v) is 11.3. The number of imide groups is 1. The Morgan fingerprint density at radius 3 is 2.64 bits per heavy atom. The SMILES string of the molecule is N#Cc1ccc(-c2ccc(C=NN3CC(=O)NC3=O)o2)cc1. The van der Waals surface area contributed by atoms with Crippen LogP contribution in [0, 0.1) is 11.3 Å². The van der Waals surface area contributed by atoms with Crippen LogP contribution in [0.25, 0.3) is 11.3 Å². The molecule has 0 atom stereocenters. The van der Waals surface area contributed by atoms with Gasteiger partial charge >= 0.3 is 6.03 Å². The summed E-state index contributed by atoms with van der Waals surface area (Å²) in [5, 5.41) is 15.8. The highest BCUT2D eigenvalue weighted by molar-refractivity contribution is 6.02. The van der Waals surface area contributed by atoms with Crippen molar-refractivity contribution in [3.05, 3.63) is 47.7 Å². The molecular weight excluding hydrogens is 284 g/mol. The van der Waals surface area contributed by atoms with Gasteiger partial charge in [0.15, 0.2) is 0 Å². The number of hydrogen-bond donors (Lipinski definition) is 1. The molecule has 0 aliphatic carbocycles. The second kappa shape index (κ2) is 5.54. The van der Waals surface area contributed by atoms with E-state index in [1.807, 2.05) is 6.07 Å². The first kappa shape index (κ1) is 13.6. The largest absolute Gasteiger partial charge is 0.455 e. The van der Waals surface area contributed by atoms with E-state index in [0.717, 1.165) is 10.6 Å². The number of hydrazone groups is 1. The minimum Gasteiger partial charge on any atom is -0.455 e. The zero-order valence-electron chi connectivity index (χ0n) is 11.3. The summed E-state index contributed by atoms with van der Waals surface area (Å²) in [6.07, 6.45) is 1.37. The number of furan rings is 1. The molecule has 1 aromatic carbocycles. The number of benzene rings is 1. The molecule has 0 spiro atoms. The molecule has 1 saturated heterocycles. The van der Waals surface area contributed by atoms with E-state index in [0.29, 0.717) is 17.1 Å². The van der Waals surface area contributed by atoms with Crippen LogP contribution in [0.4, 0.5) is 4.79 Å². The highest BCUT2D eigenvalue weighted by Crippen LogP contribution is 2.22. The van der Waals surface area contributed by atoms with Crippen molar-refractivity contribution < 1.29 is 14.0 Å². The van der Waals surface area contributed by atoms with Gasteiger partial charge in [0.1, 0.15) is 18.1 Å². The molecule has 7 heteroatoms. The summed E-state index contributed by atoms with van der Waals surface area (Å²) in [5.74, 6) is 0.680. The van der Waals surface area contributed by atoms with E-state index in [9.17, 15) is 9.59 Å². The lowest BCUT2D eigenvalue weighted by atomic mass is 10.1. The number of nitriles is 1. The van der Waals surface area contributed by atoms with Crippen LogP contribution < -0.4 is 5.32 Å². The number of hydrogen-bond acceptors (Lipinski definition) is 5. The van der Waals surface area contributed by atoms with E-state index in [1.54, 1.807) is 36.4 Å². The molecule has 0 bridgehead atoms. The zero-order chi connectivity index (χ0) is 15.5. The smallest absolute Gasteiger partial charge is 0.344 e. The molecule has 1 aromatic heterocycles. The summed E-state index contributed by atoms with van der Waals surface area (Å²) >= 11 is 0. The van der Waals surface area contributed by atoms with Crippen LogP contribution in [0.15, 0.2) is 45.9 Å². The summed E-state index contributed by atoms with van der Waals surface area (Å²) in [7, 11) is 0. The van der Waals surface area contributed by atoms with Gasteiger partial charge in [-0.1, -0.05) is 0 Å². The molecule has 1 aliphatic heterocycles. The van der Waals surface area contributed by atoms with Crippen molar-refractivity contribution >= 4 is 18.2 Å². The predicted octanol–water partition coefficient (Wildman–Crippen LogP) is 1.70. The van der Waals surface area contributed by atoms with Crippen molar-refractivity contribution in [1.82, 2.24) is 10.3 Å². The first-order valence-corrected chi connectivity index (χ1v) is 6.41. The molecule has 1 aliphatic rings. The molecule has 0 unspecified atom stereocenters. The third-order valence-electron chi connectivity index (χ3n) is 3.02. The van der Waals surface area contributed by atoms with Crippen molar-refractivity contribution in [3.63, 3.8) is 0 Å². The highest BCUT2D eigenvalue weighted by Gasteiger charge is 2.25. The standard InChI is InChI=1S/C15H10N4O3/c16-7-10-1-3-11(4-2-10)13-6-5-12(22-13)8-17-19-9-14(20)18-15(19)21/h1-6,8H,9H2,(H,18,20,21).